The highest BCUT2D eigenvalue weighted by atomic mass is 35.5. The van der Waals surface area contributed by atoms with Gasteiger partial charge < -0.3 is 9.47 Å². The van der Waals surface area contributed by atoms with Crippen molar-refractivity contribution in [2.24, 2.45) is 5.92 Å². The fraction of sp³-hybridized carbons (Fsp3) is 0.381. The number of rotatable bonds is 7. The summed E-state index contributed by atoms with van der Waals surface area (Å²) in [5.41, 5.74) is 0. The van der Waals surface area contributed by atoms with Gasteiger partial charge in [0, 0.05) is 18.1 Å². The molecular formula is C21H23Cl2NO5S. The third-order valence-corrected chi connectivity index (χ3v) is 7.44. The summed E-state index contributed by atoms with van der Waals surface area (Å²) >= 11 is 12.0. The molecule has 0 amide bonds. The first-order valence-corrected chi connectivity index (χ1v) is 11.9. The van der Waals surface area contributed by atoms with E-state index in [4.69, 9.17) is 32.7 Å². The predicted octanol–water partition coefficient (Wildman–Crippen LogP) is 4.79. The van der Waals surface area contributed by atoms with E-state index in [0.29, 0.717) is 36.0 Å². The summed E-state index contributed by atoms with van der Waals surface area (Å²) in [7, 11) is -3.80. The molecule has 1 saturated heterocycles. The lowest BCUT2D eigenvalue weighted by Gasteiger charge is -2.30. The number of carbonyl (C=O) groups excluding carboxylic acids is 1. The van der Waals surface area contributed by atoms with Gasteiger partial charge in [0.15, 0.2) is 11.5 Å². The minimum Gasteiger partial charge on any atom is -0.490 e. The minimum atomic E-state index is -3.80. The lowest BCUT2D eigenvalue weighted by atomic mass is 9.98. The van der Waals surface area contributed by atoms with E-state index in [1.165, 1.54) is 22.5 Å². The minimum absolute atomic E-state index is 0.0281. The molecule has 1 heterocycles. The van der Waals surface area contributed by atoms with Crippen LogP contribution in [0.3, 0.4) is 0 Å². The molecule has 1 aliphatic rings. The summed E-state index contributed by atoms with van der Waals surface area (Å²) in [6.07, 6.45) is 1.55. The van der Waals surface area contributed by atoms with Crippen molar-refractivity contribution in [1.29, 1.82) is 0 Å². The molecule has 1 fully saturated rings. The Hall–Kier alpha value is -1.80. The van der Waals surface area contributed by atoms with Crippen LogP contribution in [0, 0.1) is 5.92 Å². The Labute approximate surface area is 186 Å². The summed E-state index contributed by atoms with van der Waals surface area (Å²) in [4.78, 5) is 12.6. The normalized spacial score (nSPS) is 15.7. The smallest absolute Gasteiger partial charge is 0.314 e. The van der Waals surface area contributed by atoms with Crippen molar-refractivity contribution in [3.63, 3.8) is 0 Å². The average molecular weight is 472 g/mol. The second kappa shape index (κ2) is 10.0. The Bertz CT molecular complexity index is 1000. The van der Waals surface area contributed by atoms with Gasteiger partial charge in [-0.05, 0) is 49.6 Å². The lowest BCUT2D eigenvalue weighted by Crippen LogP contribution is -2.41. The van der Waals surface area contributed by atoms with Crippen molar-refractivity contribution >= 4 is 39.2 Å². The molecule has 0 unspecified atom stereocenters. The number of benzene rings is 2. The Morgan fingerprint density at radius 3 is 2.43 bits per heavy atom. The standard InChI is InChI=1S/C21H23Cl2NO5S/c1-2-13-28-18-5-3-4-6-19(18)29-21(25)15-9-11-24(12-10-15)30(26,27)20-14-16(22)7-8-17(20)23/h3-8,14-15H,2,9-13H2,1H3. The van der Waals surface area contributed by atoms with Crippen molar-refractivity contribution in [2.75, 3.05) is 19.7 Å². The Balaban J connectivity index is 1.64. The molecule has 0 aliphatic carbocycles. The van der Waals surface area contributed by atoms with Gasteiger partial charge in [-0.15, -0.1) is 0 Å². The number of sulfonamides is 1. The molecule has 2 aromatic carbocycles. The summed E-state index contributed by atoms with van der Waals surface area (Å²) in [5.74, 6) is 0.103. The van der Waals surface area contributed by atoms with E-state index in [2.05, 4.69) is 0 Å². The topological polar surface area (TPSA) is 72.9 Å². The molecule has 6 nitrogen and oxygen atoms in total. The molecule has 0 saturated carbocycles. The predicted molar refractivity (Wildman–Crippen MR) is 116 cm³/mol. The molecule has 30 heavy (non-hydrogen) atoms. The van der Waals surface area contributed by atoms with Crippen LogP contribution >= 0.6 is 23.2 Å². The Morgan fingerprint density at radius 2 is 1.77 bits per heavy atom. The van der Waals surface area contributed by atoms with Crippen LogP contribution in [0.2, 0.25) is 10.0 Å². The quantitative estimate of drug-likeness (QED) is 0.428. The summed E-state index contributed by atoms with van der Waals surface area (Å²) < 4.78 is 38.3. The molecule has 0 atom stereocenters. The van der Waals surface area contributed by atoms with Gasteiger partial charge >= 0.3 is 5.97 Å². The molecule has 0 bridgehead atoms. The van der Waals surface area contributed by atoms with Gasteiger partial charge in [0.05, 0.1) is 17.5 Å². The van der Waals surface area contributed by atoms with E-state index >= 15 is 0 Å². The maximum atomic E-state index is 12.9. The van der Waals surface area contributed by atoms with Crippen LogP contribution in [0.25, 0.3) is 0 Å². The van der Waals surface area contributed by atoms with Crippen LogP contribution in [-0.4, -0.2) is 38.4 Å². The molecule has 3 rings (SSSR count). The fourth-order valence-corrected chi connectivity index (χ4v) is 5.41. The third-order valence-electron chi connectivity index (χ3n) is 4.82. The number of piperidine rings is 1. The van der Waals surface area contributed by atoms with Gasteiger partial charge in [-0.2, -0.15) is 4.31 Å². The van der Waals surface area contributed by atoms with E-state index in [9.17, 15) is 13.2 Å². The zero-order valence-electron chi connectivity index (χ0n) is 16.5. The zero-order valence-corrected chi connectivity index (χ0v) is 18.8. The van der Waals surface area contributed by atoms with E-state index in [1.54, 1.807) is 18.2 Å². The van der Waals surface area contributed by atoms with Crippen LogP contribution in [0.5, 0.6) is 11.5 Å². The van der Waals surface area contributed by atoms with Gasteiger partial charge in [0.1, 0.15) is 4.90 Å². The number of nitrogens with zero attached hydrogens (tertiary/aromatic N) is 1. The lowest BCUT2D eigenvalue weighted by molar-refractivity contribution is -0.140. The van der Waals surface area contributed by atoms with Gasteiger partial charge in [0.25, 0.3) is 0 Å². The molecule has 0 aromatic heterocycles. The summed E-state index contributed by atoms with van der Waals surface area (Å²) in [6.45, 7) is 2.90. The molecule has 0 spiro atoms. The molecule has 9 heteroatoms. The number of carbonyl (C=O) groups is 1. The van der Waals surface area contributed by atoms with E-state index in [-0.39, 0.29) is 29.0 Å². The fourth-order valence-electron chi connectivity index (χ4n) is 3.20. The number of hydrogen-bond donors (Lipinski definition) is 0. The monoisotopic (exact) mass is 471 g/mol. The summed E-state index contributed by atoms with van der Waals surface area (Å²) in [5, 5.41) is 0.407. The van der Waals surface area contributed by atoms with Crippen molar-refractivity contribution < 1.29 is 22.7 Å². The van der Waals surface area contributed by atoms with E-state index in [1.807, 2.05) is 13.0 Å². The number of ether oxygens (including phenoxy) is 2. The Kier molecular flexibility index (Phi) is 7.63. The van der Waals surface area contributed by atoms with E-state index in [0.717, 1.165) is 6.42 Å². The van der Waals surface area contributed by atoms with Gasteiger partial charge in [-0.1, -0.05) is 42.3 Å². The van der Waals surface area contributed by atoms with Crippen LogP contribution in [0.1, 0.15) is 26.2 Å². The Morgan fingerprint density at radius 1 is 1.10 bits per heavy atom. The second-order valence-electron chi connectivity index (χ2n) is 6.97. The second-order valence-corrected chi connectivity index (χ2v) is 9.72. The van der Waals surface area contributed by atoms with Crippen molar-refractivity contribution in [3.8, 4) is 11.5 Å². The molecule has 0 N–H and O–H groups in total. The van der Waals surface area contributed by atoms with Crippen LogP contribution in [0.15, 0.2) is 47.4 Å². The largest absolute Gasteiger partial charge is 0.490 e. The van der Waals surface area contributed by atoms with Crippen molar-refractivity contribution in [1.82, 2.24) is 4.31 Å². The number of halogens is 2. The molecule has 1 aliphatic heterocycles. The SMILES string of the molecule is CCCOc1ccccc1OC(=O)C1CCN(S(=O)(=O)c2cc(Cl)ccc2Cl)CC1. The number of hydrogen-bond acceptors (Lipinski definition) is 5. The maximum absolute atomic E-state index is 12.9. The van der Waals surface area contributed by atoms with Gasteiger partial charge in [-0.25, -0.2) is 8.42 Å². The van der Waals surface area contributed by atoms with Crippen molar-refractivity contribution in [2.45, 2.75) is 31.1 Å². The highest BCUT2D eigenvalue weighted by Gasteiger charge is 2.34. The average Bonchev–Trinajstić information content (AvgIpc) is 2.74. The van der Waals surface area contributed by atoms with Crippen molar-refractivity contribution in [3.05, 3.63) is 52.5 Å². The molecule has 2 aromatic rings. The number of esters is 1. The van der Waals surface area contributed by atoms with Crippen LogP contribution < -0.4 is 9.47 Å². The van der Waals surface area contributed by atoms with Crippen LogP contribution in [0.4, 0.5) is 0 Å². The first-order valence-electron chi connectivity index (χ1n) is 9.71. The maximum Gasteiger partial charge on any atom is 0.314 e. The van der Waals surface area contributed by atoms with Crippen LogP contribution in [-0.2, 0) is 14.8 Å². The molecule has 0 radical (unpaired) electrons. The number of para-hydroxylation sites is 2. The summed E-state index contributed by atoms with van der Waals surface area (Å²) in [6, 6.07) is 11.3. The third kappa shape index (κ3) is 5.27. The zero-order chi connectivity index (χ0) is 21.7. The first-order chi connectivity index (χ1) is 14.3. The van der Waals surface area contributed by atoms with E-state index < -0.39 is 15.9 Å². The highest BCUT2D eigenvalue weighted by molar-refractivity contribution is 7.89. The highest BCUT2D eigenvalue weighted by Crippen LogP contribution is 2.32. The first kappa shape index (κ1) is 22.9. The van der Waals surface area contributed by atoms with Gasteiger partial charge in [-0.3, -0.25) is 4.79 Å². The molecule has 162 valence electrons. The molecular weight excluding hydrogens is 449 g/mol. The van der Waals surface area contributed by atoms with Gasteiger partial charge in [0.2, 0.25) is 10.0 Å².